The molecule has 0 aliphatic carbocycles. The zero-order chi connectivity index (χ0) is 13.9. The van der Waals surface area contributed by atoms with Crippen molar-refractivity contribution in [1.29, 1.82) is 0 Å². The lowest BCUT2D eigenvalue weighted by Crippen LogP contribution is -1.89. The van der Waals surface area contributed by atoms with Crippen molar-refractivity contribution in [2.45, 2.75) is 6.42 Å². The summed E-state index contributed by atoms with van der Waals surface area (Å²) >= 11 is 5.18. The highest BCUT2D eigenvalue weighted by Gasteiger charge is 2.06. The minimum atomic E-state index is 0.794. The molecule has 0 radical (unpaired) electrons. The summed E-state index contributed by atoms with van der Waals surface area (Å²) in [6.07, 6.45) is 0.846. The molecule has 0 aliphatic rings. The van der Waals surface area contributed by atoms with Crippen molar-refractivity contribution in [3.05, 3.63) is 69.0 Å². The molecule has 0 aliphatic heterocycles. The number of anilines is 1. The normalized spacial score (nSPS) is 10.7. The Morgan fingerprint density at radius 3 is 2.65 bits per heavy atom. The van der Waals surface area contributed by atoms with E-state index < -0.39 is 0 Å². The van der Waals surface area contributed by atoms with Crippen LogP contribution in [0.25, 0.3) is 11.3 Å². The third-order valence-corrected chi connectivity index (χ3v) is 4.35. The number of aromatic nitrogens is 1. The van der Waals surface area contributed by atoms with Gasteiger partial charge in [0.05, 0.1) is 10.7 Å². The summed E-state index contributed by atoms with van der Waals surface area (Å²) in [5, 5.41) is 3.22. The van der Waals surface area contributed by atoms with Gasteiger partial charge in [0.1, 0.15) is 0 Å². The fourth-order valence-corrected chi connectivity index (χ4v) is 3.22. The molecular formula is C16H13BrN2S. The maximum Gasteiger partial charge on any atom is 0.0976 e. The topological polar surface area (TPSA) is 38.9 Å². The molecule has 3 aromatic rings. The molecule has 2 nitrogen and oxygen atoms in total. The van der Waals surface area contributed by atoms with E-state index in [1.54, 1.807) is 11.3 Å². The Kier molecular flexibility index (Phi) is 3.85. The number of hydrogen-bond acceptors (Lipinski definition) is 3. The molecule has 2 N–H and O–H groups in total. The Labute approximate surface area is 130 Å². The van der Waals surface area contributed by atoms with Crippen LogP contribution in [-0.2, 0) is 6.42 Å². The molecule has 0 bridgehead atoms. The van der Waals surface area contributed by atoms with Crippen molar-refractivity contribution in [2.75, 3.05) is 5.73 Å². The quantitative estimate of drug-likeness (QED) is 0.696. The lowest BCUT2D eigenvalue weighted by molar-refractivity contribution is 1.14. The summed E-state index contributed by atoms with van der Waals surface area (Å²) in [4.78, 5) is 4.71. The minimum absolute atomic E-state index is 0.794. The fourth-order valence-electron chi connectivity index (χ4n) is 1.98. The molecule has 0 amide bonds. The van der Waals surface area contributed by atoms with E-state index in [2.05, 4.69) is 45.6 Å². The van der Waals surface area contributed by atoms with Gasteiger partial charge in [-0.25, -0.2) is 4.98 Å². The van der Waals surface area contributed by atoms with Crippen molar-refractivity contribution < 1.29 is 0 Å². The van der Waals surface area contributed by atoms with Crippen LogP contribution in [0.1, 0.15) is 10.6 Å². The van der Waals surface area contributed by atoms with E-state index in [0.717, 1.165) is 32.8 Å². The summed E-state index contributed by atoms with van der Waals surface area (Å²) in [6, 6.07) is 16.2. The molecule has 0 atom stereocenters. The van der Waals surface area contributed by atoms with Crippen LogP contribution in [-0.4, -0.2) is 4.98 Å². The summed E-state index contributed by atoms with van der Waals surface area (Å²) in [7, 11) is 0. The van der Waals surface area contributed by atoms with E-state index in [1.807, 2.05) is 24.3 Å². The Bertz CT molecular complexity index is 719. The molecule has 100 valence electrons. The minimum Gasteiger partial charge on any atom is -0.399 e. The van der Waals surface area contributed by atoms with E-state index in [4.69, 9.17) is 10.7 Å². The third kappa shape index (κ3) is 3.08. The molecule has 4 heteroatoms. The van der Waals surface area contributed by atoms with Gasteiger partial charge in [-0.15, -0.1) is 11.3 Å². The number of nitrogens with zero attached hydrogens (tertiary/aromatic N) is 1. The molecule has 0 fully saturated rings. The maximum absolute atomic E-state index is 5.70. The van der Waals surface area contributed by atoms with Crippen molar-refractivity contribution in [3.8, 4) is 11.3 Å². The first-order valence-corrected chi connectivity index (χ1v) is 7.93. The smallest absolute Gasteiger partial charge is 0.0976 e. The van der Waals surface area contributed by atoms with Gasteiger partial charge < -0.3 is 5.73 Å². The van der Waals surface area contributed by atoms with Crippen LogP contribution < -0.4 is 5.73 Å². The van der Waals surface area contributed by atoms with Gasteiger partial charge >= 0.3 is 0 Å². The van der Waals surface area contributed by atoms with Gasteiger partial charge in [0.25, 0.3) is 0 Å². The van der Waals surface area contributed by atoms with Crippen LogP contribution in [0.15, 0.2) is 58.4 Å². The predicted molar refractivity (Wildman–Crippen MR) is 88.9 cm³/mol. The van der Waals surface area contributed by atoms with Crippen molar-refractivity contribution >= 4 is 33.0 Å². The van der Waals surface area contributed by atoms with E-state index >= 15 is 0 Å². The standard InChI is InChI=1S/C16H13BrN2S/c17-13-3-1-2-12(9-13)15-10-20-16(19-15)8-11-4-6-14(18)7-5-11/h1-7,9-10H,8,18H2. The Balaban J connectivity index is 1.82. The zero-order valence-corrected chi connectivity index (χ0v) is 13.1. The average molecular weight is 345 g/mol. The van der Waals surface area contributed by atoms with Gasteiger partial charge in [-0.2, -0.15) is 0 Å². The van der Waals surface area contributed by atoms with Gasteiger partial charge in [-0.1, -0.05) is 40.2 Å². The number of nitrogen functional groups attached to an aromatic ring is 1. The highest BCUT2D eigenvalue weighted by Crippen LogP contribution is 2.25. The second-order valence-corrected chi connectivity index (χ2v) is 6.41. The Morgan fingerprint density at radius 2 is 1.90 bits per heavy atom. The molecule has 2 aromatic carbocycles. The highest BCUT2D eigenvalue weighted by molar-refractivity contribution is 9.10. The lowest BCUT2D eigenvalue weighted by Gasteiger charge is -1.99. The number of thiazole rings is 1. The highest BCUT2D eigenvalue weighted by atomic mass is 79.9. The molecule has 0 saturated carbocycles. The van der Waals surface area contributed by atoms with E-state index in [-0.39, 0.29) is 0 Å². The molecule has 0 spiro atoms. The number of hydrogen-bond donors (Lipinski definition) is 1. The molecular weight excluding hydrogens is 332 g/mol. The fraction of sp³-hybridized carbons (Fsp3) is 0.0625. The monoisotopic (exact) mass is 344 g/mol. The second-order valence-electron chi connectivity index (χ2n) is 4.56. The first kappa shape index (κ1) is 13.3. The number of rotatable bonds is 3. The molecule has 3 rings (SSSR count). The molecule has 1 aromatic heterocycles. The van der Waals surface area contributed by atoms with Gasteiger partial charge in [0.15, 0.2) is 0 Å². The first-order valence-electron chi connectivity index (χ1n) is 6.25. The maximum atomic E-state index is 5.70. The Hall–Kier alpha value is -1.65. The number of nitrogens with two attached hydrogens (primary N) is 1. The van der Waals surface area contributed by atoms with Crippen LogP contribution in [0.5, 0.6) is 0 Å². The summed E-state index contributed by atoms with van der Waals surface area (Å²) < 4.78 is 1.07. The Morgan fingerprint density at radius 1 is 1.10 bits per heavy atom. The van der Waals surface area contributed by atoms with Crippen LogP contribution in [0.3, 0.4) is 0 Å². The average Bonchev–Trinajstić information content (AvgIpc) is 2.90. The first-order chi connectivity index (χ1) is 9.70. The zero-order valence-electron chi connectivity index (χ0n) is 10.7. The molecule has 20 heavy (non-hydrogen) atoms. The SMILES string of the molecule is Nc1ccc(Cc2nc(-c3cccc(Br)c3)cs2)cc1. The van der Waals surface area contributed by atoms with Crippen LogP contribution in [0.2, 0.25) is 0 Å². The van der Waals surface area contributed by atoms with Gasteiger partial charge in [0.2, 0.25) is 0 Å². The van der Waals surface area contributed by atoms with Crippen molar-refractivity contribution in [1.82, 2.24) is 4.98 Å². The third-order valence-electron chi connectivity index (χ3n) is 3.01. The van der Waals surface area contributed by atoms with Gasteiger partial charge in [-0.3, -0.25) is 0 Å². The molecule has 1 heterocycles. The molecule has 0 saturated heterocycles. The van der Waals surface area contributed by atoms with Crippen molar-refractivity contribution in [2.24, 2.45) is 0 Å². The van der Waals surface area contributed by atoms with Gasteiger partial charge in [0, 0.05) is 27.5 Å². The summed E-state index contributed by atoms with van der Waals surface area (Å²) in [5.74, 6) is 0. The van der Waals surface area contributed by atoms with Crippen LogP contribution >= 0.6 is 27.3 Å². The summed E-state index contributed by atoms with van der Waals surface area (Å²) in [5.41, 5.74) is 9.89. The summed E-state index contributed by atoms with van der Waals surface area (Å²) in [6.45, 7) is 0. The van der Waals surface area contributed by atoms with Crippen LogP contribution in [0, 0.1) is 0 Å². The predicted octanol–water partition coefficient (Wildman–Crippen LogP) is 4.75. The lowest BCUT2D eigenvalue weighted by atomic mass is 10.1. The molecule has 0 unspecified atom stereocenters. The van der Waals surface area contributed by atoms with E-state index in [1.165, 1.54) is 5.56 Å². The van der Waals surface area contributed by atoms with Crippen LogP contribution in [0.4, 0.5) is 5.69 Å². The number of benzene rings is 2. The van der Waals surface area contributed by atoms with E-state index in [0.29, 0.717) is 0 Å². The second kappa shape index (κ2) is 5.77. The van der Waals surface area contributed by atoms with Gasteiger partial charge in [-0.05, 0) is 29.8 Å². The largest absolute Gasteiger partial charge is 0.399 e. The van der Waals surface area contributed by atoms with Crippen molar-refractivity contribution in [3.63, 3.8) is 0 Å². The van der Waals surface area contributed by atoms with E-state index in [9.17, 15) is 0 Å². The number of halogens is 1.